The molecule has 0 bridgehead atoms. The van der Waals surface area contributed by atoms with Gasteiger partial charge in [0.05, 0.1) is 5.69 Å². The number of carbonyl (C=O) groups excluding carboxylic acids is 2. The van der Waals surface area contributed by atoms with Crippen molar-refractivity contribution in [1.29, 1.82) is 0 Å². The van der Waals surface area contributed by atoms with Gasteiger partial charge in [0.2, 0.25) is 5.91 Å². The Balaban J connectivity index is 1.30. The average Bonchev–Trinajstić information content (AvgIpc) is 3.05. The van der Waals surface area contributed by atoms with Gasteiger partial charge in [0.25, 0.3) is 0 Å². The fraction of sp³-hybridized carbons (Fsp3) is 0.552. The van der Waals surface area contributed by atoms with Crippen LogP contribution in [0.2, 0.25) is 5.02 Å². The van der Waals surface area contributed by atoms with E-state index < -0.39 is 0 Å². The van der Waals surface area contributed by atoms with Gasteiger partial charge < -0.3 is 15.5 Å². The molecule has 2 N–H and O–H groups in total. The molecule has 1 aliphatic carbocycles. The van der Waals surface area contributed by atoms with E-state index in [-0.39, 0.29) is 23.9 Å². The fourth-order valence-corrected chi connectivity index (χ4v) is 8.38. The van der Waals surface area contributed by atoms with Crippen LogP contribution < -0.4 is 5.73 Å². The van der Waals surface area contributed by atoms with E-state index in [9.17, 15) is 9.59 Å². The minimum absolute atomic E-state index is 0.139. The second-order valence-corrected chi connectivity index (χ2v) is 13.2. The van der Waals surface area contributed by atoms with Crippen LogP contribution in [0.5, 0.6) is 0 Å². The van der Waals surface area contributed by atoms with Gasteiger partial charge in [0, 0.05) is 58.2 Å². The predicted octanol–water partition coefficient (Wildman–Crippen LogP) is 6.69. The molecule has 3 aliphatic rings. The SMILES string of the molecule is CC[C@H]1CC(CC(=O)N2CCC([C@H]3c4ncc(Br)cc4CCc4cc(Cl)cc(Br)c43)CC2)CCN1C(N)=O. The number of nitrogens with two attached hydrogens (primary N) is 1. The van der Waals surface area contributed by atoms with Gasteiger partial charge in [-0.1, -0.05) is 34.5 Å². The number of amides is 3. The van der Waals surface area contributed by atoms with Crippen molar-refractivity contribution in [3.05, 3.63) is 60.7 Å². The van der Waals surface area contributed by atoms with Crippen LogP contribution in [0.3, 0.4) is 0 Å². The lowest BCUT2D eigenvalue weighted by atomic mass is 9.76. The fourth-order valence-electron chi connectivity index (χ4n) is 6.89. The number of hydrogen-bond donors (Lipinski definition) is 1. The molecular weight excluding hydrogens is 632 g/mol. The van der Waals surface area contributed by atoms with Crippen LogP contribution in [-0.2, 0) is 17.6 Å². The third-order valence-corrected chi connectivity index (χ3v) is 10.1. The molecule has 3 atom stereocenters. The summed E-state index contributed by atoms with van der Waals surface area (Å²) in [6.45, 7) is 4.27. The van der Waals surface area contributed by atoms with Crippen LogP contribution in [0.15, 0.2) is 33.3 Å². The summed E-state index contributed by atoms with van der Waals surface area (Å²) < 4.78 is 2.05. The molecule has 6 nitrogen and oxygen atoms in total. The van der Waals surface area contributed by atoms with Crippen LogP contribution in [-0.4, -0.2) is 52.4 Å². The maximum Gasteiger partial charge on any atom is 0.315 e. The normalized spacial score (nSPS) is 23.9. The Bertz CT molecular complexity index is 1220. The molecule has 0 spiro atoms. The van der Waals surface area contributed by atoms with Crippen molar-refractivity contribution in [2.45, 2.75) is 70.3 Å². The number of primary amides is 1. The van der Waals surface area contributed by atoms with Crippen molar-refractivity contribution in [2.24, 2.45) is 17.6 Å². The van der Waals surface area contributed by atoms with E-state index in [0.29, 0.717) is 24.8 Å². The number of hydrogen-bond acceptors (Lipinski definition) is 3. The third kappa shape index (κ3) is 5.78. The zero-order chi connectivity index (χ0) is 27.0. The molecule has 0 saturated carbocycles. The number of rotatable bonds is 4. The molecule has 3 amide bonds. The zero-order valence-electron chi connectivity index (χ0n) is 21.8. The first-order valence-corrected chi connectivity index (χ1v) is 15.7. The summed E-state index contributed by atoms with van der Waals surface area (Å²) in [6.07, 6.45) is 8.79. The molecular formula is C29H35Br2ClN4O2. The lowest BCUT2D eigenvalue weighted by Gasteiger charge is -2.40. The highest BCUT2D eigenvalue weighted by molar-refractivity contribution is 9.10. The quantitative estimate of drug-likeness (QED) is 0.395. The number of nitrogens with zero attached hydrogens (tertiary/aromatic N) is 3. The van der Waals surface area contributed by atoms with E-state index in [1.165, 1.54) is 16.7 Å². The zero-order valence-corrected chi connectivity index (χ0v) is 25.7. The first-order valence-electron chi connectivity index (χ1n) is 13.7. The standard InChI is InChI=1S/C29H35Br2ClN4O2/c1-2-23-11-17(5-10-36(23)29(33)38)12-25(37)35-8-6-18(7-9-35)27-26-19(14-22(32)15-24(26)31)3-4-20-13-21(30)16-34-28(20)27/h13-18,23,27H,2-12H2,1H3,(H2,33,38)/t17?,23-,27+/m0/s1. The second kappa shape index (κ2) is 11.8. The summed E-state index contributed by atoms with van der Waals surface area (Å²) in [5.41, 5.74) is 10.6. The number of urea groups is 1. The smallest absolute Gasteiger partial charge is 0.315 e. The molecule has 2 aromatic rings. The topological polar surface area (TPSA) is 79.5 Å². The number of halogens is 3. The van der Waals surface area contributed by atoms with E-state index >= 15 is 0 Å². The lowest BCUT2D eigenvalue weighted by Crippen LogP contribution is -2.49. The molecule has 204 valence electrons. The molecule has 2 fully saturated rings. The van der Waals surface area contributed by atoms with Gasteiger partial charge in [0.1, 0.15) is 0 Å². The molecule has 3 heterocycles. The first kappa shape index (κ1) is 27.9. The van der Waals surface area contributed by atoms with Crippen molar-refractivity contribution in [3.8, 4) is 0 Å². The number of pyridine rings is 1. The highest BCUT2D eigenvalue weighted by Crippen LogP contribution is 2.46. The second-order valence-electron chi connectivity index (χ2n) is 11.0. The number of aryl methyl sites for hydroxylation is 2. The van der Waals surface area contributed by atoms with Crippen LogP contribution in [0.1, 0.15) is 73.8 Å². The summed E-state index contributed by atoms with van der Waals surface area (Å²) in [7, 11) is 0. The maximum atomic E-state index is 13.3. The summed E-state index contributed by atoms with van der Waals surface area (Å²) in [4.78, 5) is 33.8. The highest BCUT2D eigenvalue weighted by atomic mass is 79.9. The number of likely N-dealkylation sites (tertiary alicyclic amines) is 2. The molecule has 1 aromatic heterocycles. The summed E-state index contributed by atoms with van der Waals surface area (Å²) in [5.74, 6) is 1.12. The van der Waals surface area contributed by atoms with Gasteiger partial charge in [-0.25, -0.2) is 4.79 Å². The minimum atomic E-state index is -0.346. The van der Waals surface area contributed by atoms with Crippen molar-refractivity contribution < 1.29 is 9.59 Å². The van der Waals surface area contributed by atoms with E-state index in [0.717, 1.165) is 77.7 Å². The molecule has 5 rings (SSSR count). The molecule has 2 saturated heterocycles. The number of carbonyl (C=O) groups is 2. The van der Waals surface area contributed by atoms with Crippen LogP contribution in [0.4, 0.5) is 4.79 Å². The Hall–Kier alpha value is -1.64. The molecule has 9 heteroatoms. The Morgan fingerprint density at radius 3 is 2.53 bits per heavy atom. The Morgan fingerprint density at radius 1 is 1.08 bits per heavy atom. The molecule has 1 unspecified atom stereocenters. The van der Waals surface area contributed by atoms with E-state index in [1.807, 2.05) is 12.3 Å². The largest absolute Gasteiger partial charge is 0.351 e. The summed E-state index contributed by atoms with van der Waals surface area (Å²) in [6, 6.07) is 6.12. The van der Waals surface area contributed by atoms with Crippen molar-refractivity contribution in [3.63, 3.8) is 0 Å². The minimum Gasteiger partial charge on any atom is -0.351 e. The van der Waals surface area contributed by atoms with Gasteiger partial charge in [-0.15, -0.1) is 0 Å². The van der Waals surface area contributed by atoms with Crippen LogP contribution in [0.25, 0.3) is 0 Å². The van der Waals surface area contributed by atoms with Crippen molar-refractivity contribution in [1.82, 2.24) is 14.8 Å². The molecule has 1 aromatic carbocycles. The van der Waals surface area contributed by atoms with Gasteiger partial charge >= 0.3 is 6.03 Å². The van der Waals surface area contributed by atoms with E-state index in [4.69, 9.17) is 22.3 Å². The summed E-state index contributed by atoms with van der Waals surface area (Å²) >= 11 is 13.9. The van der Waals surface area contributed by atoms with Gasteiger partial charge in [-0.05, 0) is 108 Å². The molecule has 0 radical (unpaired) electrons. The Kier molecular flexibility index (Phi) is 8.70. The van der Waals surface area contributed by atoms with Gasteiger partial charge in [-0.2, -0.15) is 0 Å². The number of fused-ring (bicyclic) bond motifs is 2. The van der Waals surface area contributed by atoms with Crippen molar-refractivity contribution in [2.75, 3.05) is 19.6 Å². The van der Waals surface area contributed by atoms with E-state index in [1.54, 1.807) is 4.90 Å². The van der Waals surface area contributed by atoms with Crippen LogP contribution >= 0.6 is 43.5 Å². The van der Waals surface area contributed by atoms with Crippen LogP contribution in [0, 0.1) is 11.8 Å². The maximum absolute atomic E-state index is 13.3. The monoisotopic (exact) mass is 664 g/mol. The predicted molar refractivity (Wildman–Crippen MR) is 157 cm³/mol. The Morgan fingerprint density at radius 2 is 1.82 bits per heavy atom. The molecule has 38 heavy (non-hydrogen) atoms. The molecule has 2 aliphatic heterocycles. The Labute approximate surface area is 246 Å². The lowest BCUT2D eigenvalue weighted by molar-refractivity contribution is -0.134. The van der Waals surface area contributed by atoms with Crippen molar-refractivity contribution >= 4 is 55.4 Å². The summed E-state index contributed by atoms with van der Waals surface area (Å²) in [5, 5.41) is 0.752. The highest BCUT2D eigenvalue weighted by Gasteiger charge is 2.37. The van der Waals surface area contributed by atoms with Gasteiger partial charge in [-0.3, -0.25) is 9.78 Å². The van der Waals surface area contributed by atoms with E-state index in [2.05, 4.69) is 55.8 Å². The number of aromatic nitrogens is 1. The average molecular weight is 667 g/mol. The van der Waals surface area contributed by atoms with Gasteiger partial charge in [0.15, 0.2) is 0 Å². The number of piperidine rings is 2. The number of benzene rings is 1. The first-order chi connectivity index (χ1) is 18.2. The third-order valence-electron chi connectivity index (χ3n) is 8.82.